The average molecular weight is 265 g/mol. The van der Waals surface area contributed by atoms with Crippen molar-refractivity contribution in [1.82, 2.24) is 0 Å². The first-order valence-electron chi connectivity index (χ1n) is 5.02. The lowest BCUT2D eigenvalue weighted by Gasteiger charge is -2.10. The van der Waals surface area contributed by atoms with Crippen LogP contribution in [0.25, 0.3) is 0 Å². The van der Waals surface area contributed by atoms with Crippen LogP contribution in [0.2, 0.25) is 5.02 Å². The fourth-order valence-electron chi connectivity index (χ4n) is 1.46. The zero-order chi connectivity index (χ0) is 13.1. The fraction of sp³-hybridized carbons (Fsp3) is 0. The quantitative estimate of drug-likeness (QED) is 0.881. The van der Waals surface area contributed by atoms with Crippen LogP contribution in [0.15, 0.2) is 36.4 Å². The Morgan fingerprint density at radius 1 is 1.00 bits per heavy atom. The first-order chi connectivity index (χ1) is 8.60. The van der Waals surface area contributed by atoms with Crippen molar-refractivity contribution >= 4 is 23.0 Å². The standard InChI is InChI=1S/C13H7ClF2N2/c14-11-3-1-10(16)6-13(11)18-12-4-2-9(15)5-8(12)7-17/h1-6,18H. The molecule has 0 atom stereocenters. The van der Waals surface area contributed by atoms with Gasteiger partial charge in [0, 0.05) is 0 Å². The van der Waals surface area contributed by atoms with Gasteiger partial charge in [-0.1, -0.05) is 11.6 Å². The van der Waals surface area contributed by atoms with E-state index in [1.54, 1.807) is 0 Å². The second-order valence-electron chi connectivity index (χ2n) is 3.55. The minimum Gasteiger partial charge on any atom is -0.353 e. The molecule has 0 bridgehead atoms. The van der Waals surface area contributed by atoms with Gasteiger partial charge in [0.05, 0.1) is 22.0 Å². The summed E-state index contributed by atoms with van der Waals surface area (Å²) >= 11 is 5.89. The minimum absolute atomic E-state index is 0.121. The molecule has 2 aromatic rings. The number of hydrogen-bond acceptors (Lipinski definition) is 2. The highest BCUT2D eigenvalue weighted by atomic mass is 35.5. The Kier molecular flexibility index (Phi) is 3.45. The van der Waals surface area contributed by atoms with E-state index in [2.05, 4.69) is 5.32 Å². The molecule has 0 fully saturated rings. The van der Waals surface area contributed by atoms with E-state index in [0.29, 0.717) is 16.4 Å². The van der Waals surface area contributed by atoms with Gasteiger partial charge in [-0.3, -0.25) is 0 Å². The molecule has 0 spiro atoms. The van der Waals surface area contributed by atoms with Crippen LogP contribution in [0, 0.1) is 23.0 Å². The Morgan fingerprint density at radius 2 is 1.67 bits per heavy atom. The maximum absolute atomic E-state index is 13.1. The largest absolute Gasteiger partial charge is 0.353 e. The summed E-state index contributed by atoms with van der Waals surface area (Å²) in [6.07, 6.45) is 0. The molecular formula is C13H7ClF2N2. The maximum Gasteiger partial charge on any atom is 0.125 e. The Bertz CT molecular complexity index is 635. The number of benzene rings is 2. The Hall–Kier alpha value is -2.12. The summed E-state index contributed by atoms with van der Waals surface area (Å²) < 4.78 is 26.0. The van der Waals surface area contributed by atoms with Crippen LogP contribution in [0.5, 0.6) is 0 Å². The predicted octanol–water partition coefficient (Wildman–Crippen LogP) is 4.23. The van der Waals surface area contributed by atoms with E-state index in [1.807, 2.05) is 6.07 Å². The van der Waals surface area contributed by atoms with Gasteiger partial charge in [-0.2, -0.15) is 5.26 Å². The lowest BCUT2D eigenvalue weighted by Crippen LogP contribution is -1.95. The lowest BCUT2D eigenvalue weighted by atomic mass is 10.2. The molecule has 2 rings (SSSR count). The Balaban J connectivity index is 2.40. The van der Waals surface area contributed by atoms with Crippen molar-refractivity contribution in [3.8, 4) is 6.07 Å². The summed E-state index contributed by atoms with van der Waals surface area (Å²) in [5.41, 5.74) is 0.807. The van der Waals surface area contributed by atoms with E-state index >= 15 is 0 Å². The zero-order valence-corrected chi connectivity index (χ0v) is 9.80. The molecule has 0 heterocycles. The van der Waals surface area contributed by atoms with Gasteiger partial charge in [0.25, 0.3) is 0 Å². The molecule has 0 aliphatic heterocycles. The molecule has 2 aromatic carbocycles. The van der Waals surface area contributed by atoms with E-state index in [0.717, 1.165) is 6.07 Å². The van der Waals surface area contributed by atoms with Crippen LogP contribution in [0.1, 0.15) is 5.56 Å². The molecule has 0 aliphatic carbocycles. The third-order valence-corrected chi connectivity index (χ3v) is 2.63. The summed E-state index contributed by atoms with van der Waals surface area (Å²) in [6.45, 7) is 0. The van der Waals surface area contributed by atoms with Gasteiger partial charge >= 0.3 is 0 Å². The first-order valence-corrected chi connectivity index (χ1v) is 5.39. The third kappa shape index (κ3) is 2.58. The molecule has 1 N–H and O–H groups in total. The van der Waals surface area contributed by atoms with Crippen molar-refractivity contribution in [1.29, 1.82) is 5.26 Å². The van der Waals surface area contributed by atoms with Gasteiger partial charge in [0.2, 0.25) is 0 Å². The van der Waals surface area contributed by atoms with Crippen molar-refractivity contribution in [2.45, 2.75) is 0 Å². The van der Waals surface area contributed by atoms with Crippen molar-refractivity contribution in [2.75, 3.05) is 5.32 Å². The molecule has 0 aromatic heterocycles. The third-order valence-electron chi connectivity index (χ3n) is 2.30. The molecule has 90 valence electrons. The van der Waals surface area contributed by atoms with Crippen LogP contribution >= 0.6 is 11.6 Å². The topological polar surface area (TPSA) is 35.8 Å². The number of rotatable bonds is 2. The predicted molar refractivity (Wildman–Crippen MR) is 65.8 cm³/mol. The highest BCUT2D eigenvalue weighted by molar-refractivity contribution is 6.33. The number of nitrogens with zero attached hydrogens (tertiary/aromatic N) is 1. The molecule has 0 amide bonds. The minimum atomic E-state index is -0.512. The molecule has 0 aliphatic rings. The number of nitrogens with one attached hydrogen (secondary N) is 1. The van der Waals surface area contributed by atoms with Gasteiger partial charge in [0.1, 0.15) is 17.7 Å². The summed E-state index contributed by atoms with van der Waals surface area (Å²) in [6, 6.07) is 9.37. The highest BCUT2D eigenvalue weighted by Crippen LogP contribution is 2.28. The normalized spacial score (nSPS) is 9.89. The van der Waals surface area contributed by atoms with Crippen LogP contribution in [0.4, 0.5) is 20.2 Å². The number of nitriles is 1. The van der Waals surface area contributed by atoms with Crippen molar-refractivity contribution in [2.24, 2.45) is 0 Å². The number of hydrogen-bond donors (Lipinski definition) is 1. The van der Waals surface area contributed by atoms with Crippen molar-refractivity contribution in [3.63, 3.8) is 0 Å². The summed E-state index contributed by atoms with van der Waals surface area (Å²) in [5.74, 6) is -0.968. The second-order valence-corrected chi connectivity index (χ2v) is 3.96. The summed E-state index contributed by atoms with van der Waals surface area (Å²) in [5, 5.41) is 12.0. The summed E-state index contributed by atoms with van der Waals surface area (Å²) in [7, 11) is 0. The van der Waals surface area contributed by atoms with Crippen LogP contribution in [-0.4, -0.2) is 0 Å². The van der Waals surface area contributed by atoms with E-state index in [4.69, 9.17) is 16.9 Å². The Morgan fingerprint density at radius 3 is 2.39 bits per heavy atom. The van der Waals surface area contributed by atoms with Crippen LogP contribution in [0.3, 0.4) is 0 Å². The van der Waals surface area contributed by atoms with Gasteiger partial charge in [-0.05, 0) is 36.4 Å². The van der Waals surface area contributed by atoms with E-state index in [9.17, 15) is 8.78 Å². The van der Waals surface area contributed by atoms with Gasteiger partial charge < -0.3 is 5.32 Å². The monoisotopic (exact) mass is 264 g/mol. The maximum atomic E-state index is 13.1. The highest BCUT2D eigenvalue weighted by Gasteiger charge is 2.07. The average Bonchev–Trinajstić information content (AvgIpc) is 2.36. The van der Waals surface area contributed by atoms with Crippen molar-refractivity contribution < 1.29 is 8.78 Å². The molecular weight excluding hydrogens is 258 g/mol. The lowest BCUT2D eigenvalue weighted by molar-refractivity contribution is 0.627. The van der Waals surface area contributed by atoms with E-state index in [-0.39, 0.29) is 5.56 Å². The van der Waals surface area contributed by atoms with Crippen LogP contribution in [-0.2, 0) is 0 Å². The Labute approximate surface area is 107 Å². The van der Waals surface area contributed by atoms with E-state index in [1.165, 1.54) is 30.3 Å². The van der Waals surface area contributed by atoms with Gasteiger partial charge in [-0.25, -0.2) is 8.78 Å². The molecule has 0 saturated carbocycles. The molecule has 0 unspecified atom stereocenters. The number of anilines is 2. The number of halogens is 3. The van der Waals surface area contributed by atoms with Gasteiger partial charge in [0.15, 0.2) is 0 Å². The van der Waals surface area contributed by atoms with E-state index < -0.39 is 11.6 Å². The van der Waals surface area contributed by atoms with Crippen LogP contribution < -0.4 is 5.32 Å². The molecule has 0 saturated heterocycles. The first kappa shape index (κ1) is 12.3. The zero-order valence-electron chi connectivity index (χ0n) is 9.05. The molecule has 0 radical (unpaired) electrons. The van der Waals surface area contributed by atoms with Gasteiger partial charge in [-0.15, -0.1) is 0 Å². The smallest absolute Gasteiger partial charge is 0.125 e. The molecule has 18 heavy (non-hydrogen) atoms. The summed E-state index contributed by atoms with van der Waals surface area (Å²) in [4.78, 5) is 0. The SMILES string of the molecule is N#Cc1cc(F)ccc1Nc1cc(F)ccc1Cl. The molecule has 2 nitrogen and oxygen atoms in total. The second kappa shape index (κ2) is 5.03. The van der Waals surface area contributed by atoms with Crippen molar-refractivity contribution in [3.05, 3.63) is 58.6 Å². The molecule has 5 heteroatoms. The fourth-order valence-corrected chi connectivity index (χ4v) is 1.62.